The van der Waals surface area contributed by atoms with E-state index in [1.165, 1.54) is 0 Å². The van der Waals surface area contributed by atoms with E-state index < -0.39 is 23.9 Å². The van der Waals surface area contributed by atoms with Crippen molar-refractivity contribution in [1.82, 2.24) is 25.4 Å². The molecule has 4 amide bonds. The Morgan fingerprint density at radius 2 is 1.67 bits per heavy atom. The summed E-state index contributed by atoms with van der Waals surface area (Å²) in [7, 11) is 0. The molecule has 2 aromatic rings. The van der Waals surface area contributed by atoms with Gasteiger partial charge >= 0.3 is 0 Å². The van der Waals surface area contributed by atoms with Crippen LogP contribution < -0.4 is 16.4 Å². The monoisotopic (exact) mass is 536 g/mol. The number of piperidine rings is 1. The number of primary amides is 1. The van der Waals surface area contributed by atoms with Gasteiger partial charge in [-0.3, -0.25) is 19.2 Å². The molecule has 0 bridgehead atoms. The number of nitrogens with one attached hydrogen (secondary N) is 3. The maximum atomic E-state index is 13.8. The van der Waals surface area contributed by atoms with Crippen molar-refractivity contribution in [1.29, 1.82) is 0 Å². The van der Waals surface area contributed by atoms with E-state index in [0.29, 0.717) is 13.1 Å². The van der Waals surface area contributed by atoms with Gasteiger partial charge in [-0.15, -0.1) is 0 Å². The summed E-state index contributed by atoms with van der Waals surface area (Å²) in [5, 5.41) is 7.09. The summed E-state index contributed by atoms with van der Waals surface area (Å²) in [5.41, 5.74) is 7.55. The van der Waals surface area contributed by atoms with Crippen molar-refractivity contribution < 1.29 is 19.2 Å². The van der Waals surface area contributed by atoms with Gasteiger partial charge in [-0.1, -0.05) is 37.5 Å². The second-order valence-electron chi connectivity index (χ2n) is 11.2. The molecule has 1 aliphatic carbocycles. The second-order valence-corrected chi connectivity index (χ2v) is 11.2. The number of piperazine rings is 1. The van der Waals surface area contributed by atoms with E-state index in [9.17, 15) is 19.2 Å². The number of nitrogens with two attached hydrogens (primary N) is 1. The lowest BCUT2D eigenvalue weighted by atomic mass is 9.87. The number of H-pyrrole nitrogens is 1. The molecule has 0 spiro atoms. The number of rotatable bonds is 7. The fraction of sp³-hybridized carbons (Fsp3) is 0.586. The number of carbonyl (C=O) groups excluding carboxylic acids is 4. The Labute approximate surface area is 229 Å². The van der Waals surface area contributed by atoms with Crippen LogP contribution >= 0.6 is 0 Å². The Kier molecular flexibility index (Phi) is 8.50. The highest BCUT2D eigenvalue weighted by Crippen LogP contribution is 2.28. The van der Waals surface area contributed by atoms with Crippen molar-refractivity contribution in [3.63, 3.8) is 0 Å². The number of aromatic nitrogens is 1. The lowest BCUT2D eigenvalue weighted by Crippen LogP contribution is -2.64. The van der Waals surface area contributed by atoms with Gasteiger partial charge in [0.2, 0.25) is 23.6 Å². The summed E-state index contributed by atoms with van der Waals surface area (Å²) in [6, 6.07) is 5.94. The van der Waals surface area contributed by atoms with Crippen LogP contribution in [-0.2, 0) is 25.6 Å². The molecule has 39 heavy (non-hydrogen) atoms. The van der Waals surface area contributed by atoms with Crippen LogP contribution in [0.1, 0.15) is 50.5 Å². The van der Waals surface area contributed by atoms with Crippen LogP contribution in [0.4, 0.5) is 0 Å². The lowest BCUT2D eigenvalue weighted by Gasteiger charge is -2.43. The van der Waals surface area contributed by atoms with Gasteiger partial charge in [0.25, 0.3) is 0 Å². The van der Waals surface area contributed by atoms with E-state index in [2.05, 4.69) is 15.6 Å². The minimum Gasteiger partial charge on any atom is -0.368 e. The molecule has 10 heteroatoms. The standard InChI is InChI=1S/C29H40N6O4/c30-26(36)24(16-21-17-32-23-9-5-4-8-22(21)23)33-27(37)25-18-34(28(38)20-10-12-31-13-11-20)14-15-35(25)29(39)19-6-2-1-3-7-19/h4-5,8-9,17,19-20,24-25,31-32H,1-3,6-7,10-16,18H2,(H2,30,36)(H,33,37). The average molecular weight is 537 g/mol. The smallest absolute Gasteiger partial charge is 0.245 e. The topological polar surface area (TPSA) is 141 Å². The van der Waals surface area contributed by atoms with Crippen molar-refractivity contribution in [2.75, 3.05) is 32.7 Å². The van der Waals surface area contributed by atoms with Crippen molar-refractivity contribution in [3.8, 4) is 0 Å². The number of carbonyl (C=O) groups is 4. The van der Waals surface area contributed by atoms with E-state index in [1.807, 2.05) is 30.5 Å². The summed E-state index contributed by atoms with van der Waals surface area (Å²) in [4.78, 5) is 59.8. The molecule has 3 heterocycles. The quantitative estimate of drug-likeness (QED) is 0.422. The van der Waals surface area contributed by atoms with Crippen LogP contribution in [0.5, 0.6) is 0 Å². The van der Waals surface area contributed by atoms with Gasteiger partial charge in [-0.2, -0.15) is 0 Å². The molecule has 3 fully saturated rings. The Morgan fingerprint density at radius 3 is 2.41 bits per heavy atom. The molecule has 1 saturated carbocycles. The van der Waals surface area contributed by atoms with Crippen molar-refractivity contribution in [2.24, 2.45) is 17.6 Å². The second kappa shape index (κ2) is 12.2. The first kappa shape index (κ1) is 27.2. The molecule has 2 saturated heterocycles. The molecular weight excluding hydrogens is 496 g/mol. The van der Waals surface area contributed by atoms with Crippen LogP contribution in [-0.4, -0.2) is 83.2 Å². The van der Waals surface area contributed by atoms with Crippen LogP contribution in [0, 0.1) is 11.8 Å². The Hall–Kier alpha value is -3.40. The number of nitrogens with zero attached hydrogens (tertiary/aromatic N) is 2. The molecule has 1 aromatic heterocycles. The van der Waals surface area contributed by atoms with Crippen molar-refractivity contribution >= 4 is 34.5 Å². The third-order valence-corrected chi connectivity index (χ3v) is 8.68. The molecule has 0 radical (unpaired) electrons. The first-order valence-corrected chi connectivity index (χ1v) is 14.4. The first-order chi connectivity index (χ1) is 18.9. The highest BCUT2D eigenvalue weighted by Gasteiger charge is 2.41. The van der Waals surface area contributed by atoms with Crippen LogP contribution in [0.15, 0.2) is 30.5 Å². The zero-order chi connectivity index (χ0) is 27.4. The zero-order valence-corrected chi connectivity index (χ0v) is 22.5. The first-order valence-electron chi connectivity index (χ1n) is 14.4. The molecule has 5 N–H and O–H groups in total. The molecule has 2 aliphatic heterocycles. The van der Waals surface area contributed by atoms with Crippen molar-refractivity contribution in [2.45, 2.75) is 63.5 Å². The van der Waals surface area contributed by atoms with Gasteiger partial charge in [-0.25, -0.2) is 0 Å². The molecule has 3 aliphatic rings. The van der Waals surface area contributed by atoms with Gasteiger partial charge in [0.15, 0.2) is 0 Å². The maximum Gasteiger partial charge on any atom is 0.245 e. The lowest BCUT2D eigenvalue weighted by molar-refractivity contribution is -0.153. The number of aromatic amines is 1. The van der Waals surface area contributed by atoms with Gasteiger partial charge < -0.3 is 31.2 Å². The summed E-state index contributed by atoms with van der Waals surface area (Å²) in [6.07, 6.45) is 8.39. The summed E-state index contributed by atoms with van der Waals surface area (Å²) < 4.78 is 0. The highest BCUT2D eigenvalue weighted by molar-refractivity contribution is 5.94. The van der Waals surface area contributed by atoms with E-state index in [0.717, 1.165) is 74.5 Å². The summed E-state index contributed by atoms with van der Waals surface area (Å²) in [5.74, 6) is -1.22. The number of amides is 4. The Morgan fingerprint density at radius 1 is 0.949 bits per heavy atom. The summed E-state index contributed by atoms with van der Waals surface area (Å²) >= 11 is 0. The van der Waals surface area contributed by atoms with Gasteiger partial charge in [0.1, 0.15) is 12.1 Å². The predicted octanol–water partition coefficient (Wildman–Crippen LogP) is 1.30. The molecule has 10 nitrogen and oxygen atoms in total. The largest absolute Gasteiger partial charge is 0.368 e. The zero-order valence-electron chi connectivity index (χ0n) is 22.5. The van der Waals surface area contributed by atoms with Crippen LogP contribution in [0.3, 0.4) is 0 Å². The van der Waals surface area contributed by atoms with E-state index in [-0.39, 0.29) is 36.6 Å². The SMILES string of the molecule is NC(=O)C(Cc1c[nH]c2ccccc12)NC(=O)C1CN(C(=O)C2CCNCC2)CCN1C(=O)C1CCCCC1. The number of hydrogen-bond donors (Lipinski definition) is 4. The fourth-order valence-electron chi connectivity index (χ4n) is 6.39. The highest BCUT2D eigenvalue weighted by atomic mass is 16.2. The molecule has 5 rings (SSSR count). The third-order valence-electron chi connectivity index (χ3n) is 8.68. The van der Waals surface area contributed by atoms with Gasteiger partial charge in [-0.05, 0) is 50.4 Å². The minimum atomic E-state index is -0.946. The molecule has 2 unspecified atom stereocenters. The number of benzene rings is 1. The normalized spacial score (nSPS) is 22.0. The number of hydrogen-bond acceptors (Lipinski definition) is 5. The van der Waals surface area contributed by atoms with Gasteiger partial charge in [0, 0.05) is 48.4 Å². The summed E-state index contributed by atoms with van der Waals surface area (Å²) in [6.45, 7) is 2.46. The Balaban J connectivity index is 1.34. The fourth-order valence-corrected chi connectivity index (χ4v) is 6.39. The molecular formula is C29H40N6O4. The van der Waals surface area contributed by atoms with E-state index in [1.54, 1.807) is 9.80 Å². The van der Waals surface area contributed by atoms with E-state index >= 15 is 0 Å². The van der Waals surface area contributed by atoms with Crippen LogP contribution in [0.2, 0.25) is 0 Å². The molecule has 210 valence electrons. The third kappa shape index (κ3) is 6.11. The minimum absolute atomic E-state index is 0.0175. The van der Waals surface area contributed by atoms with Crippen LogP contribution in [0.25, 0.3) is 10.9 Å². The predicted molar refractivity (Wildman–Crippen MR) is 147 cm³/mol. The maximum absolute atomic E-state index is 13.8. The Bertz CT molecular complexity index is 1200. The molecule has 2 atom stereocenters. The van der Waals surface area contributed by atoms with Crippen molar-refractivity contribution in [3.05, 3.63) is 36.0 Å². The van der Waals surface area contributed by atoms with Gasteiger partial charge in [0.05, 0.1) is 6.54 Å². The average Bonchev–Trinajstić information content (AvgIpc) is 3.39. The number of para-hydroxylation sites is 1. The van der Waals surface area contributed by atoms with E-state index in [4.69, 9.17) is 5.73 Å². The molecule has 1 aromatic carbocycles. The number of fused-ring (bicyclic) bond motifs is 1.